The number of carbonyl (C=O) groups excluding carboxylic acids is 1. The van der Waals surface area contributed by atoms with Crippen LogP contribution in [-0.2, 0) is 14.8 Å². The maximum absolute atomic E-state index is 13.4. The molecule has 2 aromatic carbocycles. The summed E-state index contributed by atoms with van der Waals surface area (Å²) in [5.41, 5.74) is 0.455. The lowest BCUT2D eigenvalue weighted by Crippen LogP contribution is -2.45. The lowest BCUT2D eigenvalue weighted by molar-refractivity contribution is -0.130. The molecule has 0 spiro atoms. The van der Waals surface area contributed by atoms with Gasteiger partial charge in [-0.3, -0.25) is 9.10 Å². The van der Waals surface area contributed by atoms with Crippen molar-refractivity contribution in [3.8, 4) is 6.07 Å². The molecule has 6 nitrogen and oxygen atoms in total. The van der Waals surface area contributed by atoms with E-state index in [2.05, 4.69) is 6.92 Å². The van der Waals surface area contributed by atoms with Crippen molar-refractivity contribution in [2.24, 2.45) is 5.92 Å². The molecule has 7 heteroatoms. The van der Waals surface area contributed by atoms with Gasteiger partial charge in [0.05, 0.1) is 11.3 Å². The van der Waals surface area contributed by atoms with Crippen LogP contribution in [0.4, 0.5) is 5.69 Å². The predicted molar refractivity (Wildman–Crippen MR) is 107 cm³/mol. The Bertz CT molecular complexity index is 975. The number of piperidine rings is 1. The standard InChI is InChI=1S/C21H23N3O3S/c1-17-11-13-23(14-12-17)21(25)16-24(19-8-3-2-4-9-19)28(26,27)20-10-6-5-7-18(20)15-22/h2-10,17H,11-14,16H2,1H3. The van der Waals surface area contributed by atoms with Crippen LogP contribution in [-0.4, -0.2) is 38.9 Å². The molecule has 146 valence electrons. The lowest BCUT2D eigenvalue weighted by Gasteiger charge is -2.32. The fourth-order valence-corrected chi connectivity index (χ4v) is 4.85. The van der Waals surface area contributed by atoms with Gasteiger partial charge in [-0.15, -0.1) is 0 Å². The second-order valence-corrected chi connectivity index (χ2v) is 8.85. The Labute approximate surface area is 166 Å². The number of hydrogen-bond acceptors (Lipinski definition) is 4. The summed E-state index contributed by atoms with van der Waals surface area (Å²) in [5, 5.41) is 9.34. The molecule has 0 atom stereocenters. The minimum absolute atomic E-state index is 0.0580. The molecular formula is C21H23N3O3S. The summed E-state index contributed by atoms with van der Waals surface area (Å²) in [5.74, 6) is 0.342. The van der Waals surface area contributed by atoms with Crippen LogP contribution < -0.4 is 4.31 Å². The smallest absolute Gasteiger partial charge is 0.266 e. The van der Waals surface area contributed by atoms with Gasteiger partial charge in [0.1, 0.15) is 17.5 Å². The van der Waals surface area contributed by atoms with Gasteiger partial charge in [0.15, 0.2) is 0 Å². The number of nitriles is 1. The van der Waals surface area contributed by atoms with Crippen LogP contribution in [0.15, 0.2) is 59.5 Å². The molecule has 0 unspecified atom stereocenters. The highest BCUT2D eigenvalue weighted by molar-refractivity contribution is 7.93. The summed E-state index contributed by atoms with van der Waals surface area (Å²) in [7, 11) is -4.08. The number of likely N-dealkylation sites (tertiary alicyclic amines) is 1. The molecule has 0 N–H and O–H groups in total. The van der Waals surface area contributed by atoms with E-state index in [1.165, 1.54) is 12.1 Å². The van der Waals surface area contributed by atoms with Gasteiger partial charge in [-0.05, 0) is 43.0 Å². The molecule has 3 rings (SSSR count). The first-order valence-corrected chi connectivity index (χ1v) is 10.7. The molecule has 1 aliphatic heterocycles. The van der Waals surface area contributed by atoms with E-state index in [-0.39, 0.29) is 22.9 Å². The summed E-state index contributed by atoms with van der Waals surface area (Å²) in [6.45, 7) is 3.14. The molecule has 0 radical (unpaired) electrons. The van der Waals surface area contributed by atoms with Crippen LogP contribution in [0.5, 0.6) is 0 Å². The Hall–Kier alpha value is -2.85. The van der Waals surface area contributed by atoms with Crippen molar-refractivity contribution in [3.05, 3.63) is 60.2 Å². The largest absolute Gasteiger partial charge is 0.341 e. The molecule has 0 aliphatic carbocycles. The highest BCUT2D eigenvalue weighted by Gasteiger charge is 2.31. The number of rotatable bonds is 5. The van der Waals surface area contributed by atoms with E-state index in [4.69, 9.17) is 0 Å². The van der Waals surface area contributed by atoms with E-state index < -0.39 is 10.0 Å². The molecule has 0 aromatic heterocycles. The number of amides is 1. The quantitative estimate of drug-likeness (QED) is 0.777. The van der Waals surface area contributed by atoms with Crippen molar-refractivity contribution in [3.63, 3.8) is 0 Å². The van der Waals surface area contributed by atoms with Gasteiger partial charge in [0.2, 0.25) is 5.91 Å². The summed E-state index contributed by atoms with van der Waals surface area (Å²) in [4.78, 5) is 14.5. The number of carbonyl (C=O) groups is 1. The number of nitrogens with zero attached hydrogens (tertiary/aromatic N) is 3. The first kappa shape index (κ1) is 19.9. The van der Waals surface area contributed by atoms with Gasteiger partial charge in [-0.25, -0.2) is 8.42 Å². The molecule has 1 aliphatic rings. The van der Waals surface area contributed by atoms with Gasteiger partial charge in [0, 0.05) is 13.1 Å². The van der Waals surface area contributed by atoms with Crippen LogP contribution in [0.2, 0.25) is 0 Å². The molecule has 1 fully saturated rings. The van der Waals surface area contributed by atoms with E-state index in [0.29, 0.717) is 24.7 Å². The molecule has 28 heavy (non-hydrogen) atoms. The maximum Gasteiger partial charge on any atom is 0.266 e. The van der Waals surface area contributed by atoms with Crippen molar-refractivity contribution in [2.45, 2.75) is 24.7 Å². The van der Waals surface area contributed by atoms with E-state index >= 15 is 0 Å². The second kappa shape index (κ2) is 8.44. The predicted octanol–water partition coefficient (Wildman–Crippen LogP) is 3.01. The third kappa shape index (κ3) is 4.18. The van der Waals surface area contributed by atoms with Gasteiger partial charge in [0.25, 0.3) is 10.0 Å². The fraction of sp³-hybridized carbons (Fsp3) is 0.333. The van der Waals surface area contributed by atoms with Crippen LogP contribution in [0.25, 0.3) is 0 Å². The summed E-state index contributed by atoms with van der Waals surface area (Å²) >= 11 is 0. The Kier molecular flexibility index (Phi) is 6.00. The SMILES string of the molecule is CC1CCN(C(=O)CN(c2ccccc2)S(=O)(=O)c2ccccc2C#N)CC1. The molecule has 0 saturated carbocycles. The van der Waals surface area contributed by atoms with Crippen molar-refractivity contribution in [1.82, 2.24) is 4.90 Å². The van der Waals surface area contributed by atoms with Crippen LogP contribution >= 0.6 is 0 Å². The molecular weight excluding hydrogens is 374 g/mol. The average molecular weight is 398 g/mol. The van der Waals surface area contributed by atoms with Gasteiger partial charge in [-0.2, -0.15) is 5.26 Å². The fourth-order valence-electron chi connectivity index (χ4n) is 3.29. The Morgan fingerprint density at radius 1 is 1.11 bits per heavy atom. The van der Waals surface area contributed by atoms with Gasteiger partial charge < -0.3 is 4.90 Å². The molecule has 1 heterocycles. The zero-order chi connectivity index (χ0) is 20.1. The summed E-state index contributed by atoms with van der Waals surface area (Å²) in [6.07, 6.45) is 1.84. The minimum atomic E-state index is -4.08. The zero-order valence-electron chi connectivity index (χ0n) is 15.8. The minimum Gasteiger partial charge on any atom is -0.341 e. The van der Waals surface area contributed by atoms with Crippen molar-refractivity contribution in [2.75, 3.05) is 23.9 Å². The van der Waals surface area contributed by atoms with E-state index in [1.807, 2.05) is 6.07 Å². The van der Waals surface area contributed by atoms with Crippen molar-refractivity contribution in [1.29, 1.82) is 5.26 Å². The molecule has 0 bridgehead atoms. The summed E-state index contributed by atoms with van der Waals surface area (Å²) < 4.78 is 27.9. The Morgan fingerprint density at radius 3 is 2.36 bits per heavy atom. The molecule has 1 saturated heterocycles. The Balaban J connectivity index is 1.96. The van der Waals surface area contributed by atoms with Crippen LogP contribution in [0.3, 0.4) is 0 Å². The monoisotopic (exact) mass is 397 g/mol. The molecule has 2 aromatic rings. The number of para-hydroxylation sites is 1. The normalized spacial score (nSPS) is 15.1. The first-order chi connectivity index (χ1) is 13.4. The molecule has 1 amide bonds. The average Bonchev–Trinajstić information content (AvgIpc) is 2.72. The third-order valence-corrected chi connectivity index (χ3v) is 6.87. The van der Waals surface area contributed by atoms with Gasteiger partial charge in [-0.1, -0.05) is 37.3 Å². The number of sulfonamides is 1. The number of anilines is 1. The number of hydrogen-bond donors (Lipinski definition) is 0. The van der Waals surface area contributed by atoms with Crippen molar-refractivity contribution < 1.29 is 13.2 Å². The van der Waals surface area contributed by atoms with Crippen LogP contribution in [0.1, 0.15) is 25.3 Å². The highest BCUT2D eigenvalue weighted by Crippen LogP contribution is 2.26. The highest BCUT2D eigenvalue weighted by atomic mass is 32.2. The summed E-state index contributed by atoms with van der Waals surface area (Å²) in [6, 6.07) is 16.5. The maximum atomic E-state index is 13.4. The Morgan fingerprint density at radius 2 is 1.71 bits per heavy atom. The third-order valence-electron chi connectivity index (χ3n) is 5.03. The lowest BCUT2D eigenvalue weighted by atomic mass is 9.99. The first-order valence-electron chi connectivity index (χ1n) is 9.28. The zero-order valence-corrected chi connectivity index (χ0v) is 16.6. The van der Waals surface area contributed by atoms with E-state index in [9.17, 15) is 18.5 Å². The van der Waals surface area contributed by atoms with Crippen molar-refractivity contribution >= 4 is 21.6 Å². The second-order valence-electron chi connectivity index (χ2n) is 7.02. The van der Waals surface area contributed by atoms with Crippen LogP contribution in [0, 0.1) is 17.2 Å². The topological polar surface area (TPSA) is 81.5 Å². The number of benzene rings is 2. The van der Waals surface area contributed by atoms with E-state index in [1.54, 1.807) is 47.4 Å². The van der Waals surface area contributed by atoms with E-state index in [0.717, 1.165) is 17.1 Å². The van der Waals surface area contributed by atoms with Gasteiger partial charge >= 0.3 is 0 Å².